The van der Waals surface area contributed by atoms with Gasteiger partial charge < -0.3 is 10.8 Å². The van der Waals surface area contributed by atoms with Crippen LogP contribution in [0.2, 0.25) is 0 Å². The molecule has 3 rings (SSSR count). The van der Waals surface area contributed by atoms with Crippen LogP contribution >= 0.6 is 11.3 Å². The number of hydrogen-bond donors (Lipinski definition) is 2. The Labute approximate surface area is 130 Å². The smallest absolute Gasteiger partial charge is 0.358 e. The van der Waals surface area contributed by atoms with Crippen LogP contribution in [0.15, 0.2) is 23.6 Å². The topological polar surface area (TPSA) is 107 Å². The summed E-state index contributed by atoms with van der Waals surface area (Å²) in [6, 6.07) is 5.35. The first kappa shape index (κ1) is 14.2. The molecule has 0 fully saturated rings. The maximum atomic E-state index is 11.4. The number of carbonyl (C=O) groups is 1. The van der Waals surface area contributed by atoms with Gasteiger partial charge in [0.05, 0.1) is 5.69 Å². The first-order chi connectivity index (χ1) is 10.5. The SMILES string of the molecule is Cc1csc(-n2nnc(C(=O)O)c2-c2ccc(C)c(N)c2)n1. The van der Waals surface area contributed by atoms with Crippen molar-refractivity contribution in [1.29, 1.82) is 0 Å². The Morgan fingerprint density at radius 2 is 2.14 bits per heavy atom. The number of aromatic nitrogens is 4. The molecular weight excluding hydrogens is 302 g/mol. The largest absolute Gasteiger partial charge is 0.476 e. The summed E-state index contributed by atoms with van der Waals surface area (Å²) in [5.74, 6) is -1.14. The Balaban J connectivity index is 2.25. The molecule has 7 nitrogen and oxygen atoms in total. The van der Waals surface area contributed by atoms with E-state index >= 15 is 0 Å². The molecule has 8 heteroatoms. The van der Waals surface area contributed by atoms with Gasteiger partial charge in [0.25, 0.3) is 0 Å². The standard InChI is InChI=1S/C14H13N5O2S/c1-7-3-4-9(5-10(7)15)12-11(13(20)21)17-18-19(12)14-16-8(2)6-22-14/h3-6H,15H2,1-2H3,(H,20,21). The summed E-state index contributed by atoms with van der Waals surface area (Å²) in [6.45, 7) is 3.75. The number of carboxylic acid groups (broad SMARTS) is 1. The predicted molar refractivity (Wildman–Crippen MR) is 83.3 cm³/mol. The first-order valence-electron chi connectivity index (χ1n) is 6.45. The average molecular weight is 315 g/mol. The van der Waals surface area contributed by atoms with Crippen molar-refractivity contribution in [2.75, 3.05) is 5.73 Å². The molecule has 1 aromatic carbocycles. The third kappa shape index (κ3) is 2.33. The number of hydrogen-bond acceptors (Lipinski definition) is 6. The lowest BCUT2D eigenvalue weighted by Crippen LogP contribution is -2.03. The molecule has 0 aliphatic heterocycles. The highest BCUT2D eigenvalue weighted by Gasteiger charge is 2.23. The minimum absolute atomic E-state index is 0.129. The second-order valence-corrected chi connectivity index (χ2v) is 5.68. The predicted octanol–water partition coefficient (Wildman–Crippen LogP) is 2.29. The third-order valence-corrected chi connectivity index (χ3v) is 4.15. The van der Waals surface area contributed by atoms with Gasteiger partial charge >= 0.3 is 5.97 Å². The van der Waals surface area contributed by atoms with E-state index in [9.17, 15) is 9.90 Å². The number of anilines is 1. The maximum Gasteiger partial charge on any atom is 0.358 e. The Bertz CT molecular complexity index is 868. The summed E-state index contributed by atoms with van der Waals surface area (Å²) in [5, 5.41) is 19.5. The molecule has 0 spiro atoms. The minimum atomic E-state index is -1.14. The zero-order valence-corrected chi connectivity index (χ0v) is 12.8. The van der Waals surface area contributed by atoms with Crippen LogP contribution in [0.1, 0.15) is 21.7 Å². The summed E-state index contributed by atoms with van der Waals surface area (Å²) >= 11 is 1.37. The van der Waals surface area contributed by atoms with Crippen LogP contribution < -0.4 is 5.73 Å². The van der Waals surface area contributed by atoms with Gasteiger partial charge in [0.15, 0.2) is 5.69 Å². The molecule has 22 heavy (non-hydrogen) atoms. The second-order valence-electron chi connectivity index (χ2n) is 4.85. The van der Waals surface area contributed by atoms with E-state index in [-0.39, 0.29) is 5.69 Å². The fraction of sp³-hybridized carbons (Fsp3) is 0.143. The Kier molecular flexibility index (Phi) is 3.38. The van der Waals surface area contributed by atoms with Crippen LogP contribution in [0.25, 0.3) is 16.4 Å². The van der Waals surface area contributed by atoms with Gasteiger partial charge in [-0.1, -0.05) is 17.3 Å². The minimum Gasteiger partial charge on any atom is -0.476 e. The van der Waals surface area contributed by atoms with Gasteiger partial charge in [-0.3, -0.25) is 0 Å². The number of nitrogen functional groups attached to an aromatic ring is 1. The van der Waals surface area contributed by atoms with Crippen LogP contribution in [0, 0.1) is 13.8 Å². The van der Waals surface area contributed by atoms with E-state index in [1.54, 1.807) is 12.1 Å². The van der Waals surface area contributed by atoms with E-state index < -0.39 is 5.97 Å². The maximum absolute atomic E-state index is 11.4. The van der Waals surface area contributed by atoms with Gasteiger partial charge in [-0.2, -0.15) is 4.68 Å². The van der Waals surface area contributed by atoms with Crippen LogP contribution in [0.5, 0.6) is 0 Å². The summed E-state index contributed by atoms with van der Waals surface area (Å²) in [5.41, 5.74) is 9.15. The normalized spacial score (nSPS) is 10.8. The van der Waals surface area contributed by atoms with Gasteiger partial charge in [0, 0.05) is 16.6 Å². The highest BCUT2D eigenvalue weighted by molar-refractivity contribution is 7.12. The molecule has 0 amide bonds. The van der Waals surface area contributed by atoms with E-state index in [0.717, 1.165) is 11.3 Å². The number of nitrogens with zero attached hydrogens (tertiary/aromatic N) is 4. The molecule has 3 aromatic rings. The molecule has 0 saturated carbocycles. The fourth-order valence-corrected chi connectivity index (χ4v) is 2.80. The molecule has 0 aliphatic rings. The Morgan fingerprint density at radius 3 is 2.73 bits per heavy atom. The number of carboxylic acids is 1. The summed E-state index contributed by atoms with van der Waals surface area (Å²) in [7, 11) is 0. The van der Waals surface area contributed by atoms with E-state index in [2.05, 4.69) is 15.3 Å². The van der Waals surface area contributed by atoms with E-state index in [4.69, 9.17) is 5.73 Å². The molecule has 2 heterocycles. The van der Waals surface area contributed by atoms with Crippen LogP contribution in [0.4, 0.5) is 5.69 Å². The Hall–Kier alpha value is -2.74. The van der Waals surface area contributed by atoms with Crippen molar-refractivity contribution >= 4 is 23.0 Å². The number of aromatic carboxylic acids is 1. The number of aryl methyl sites for hydroxylation is 2. The number of rotatable bonds is 3. The van der Waals surface area contributed by atoms with Crippen LogP contribution in [-0.4, -0.2) is 31.1 Å². The molecule has 0 bridgehead atoms. The zero-order chi connectivity index (χ0) is 15.9. The number of nitrogens with two attached hydrogens (primary N) is 1. The second kappa shape index (κ2) is 5.23. The molecule has 2 aromatic heterocycles. The summed E-state index contributed by atoms with van der Waals surface area (Å²) in [4.78, 5) is 15.8. The van der Waals surface area contributed by atoms with Crippen molar-refractivity contribution in [1.82, 2.24) is 20.0 Å². The van der Waals surface area contributed by atoms with Crippen LogP contribution in [0.3, 0.4) is 0 Å². The Morgan fingerprint density at radius 1 is 1.36 bits per heavy atom. The average Bonchev–Trinajstić information content (AvgIpc) is 3.07. The third-order valence-electron chi connectivity index (χ3n) is 3.21. The molecule has 0 saturated heterocycles. The van der Waals surface area contributed by atoms with Gasteiger partial charge in [0.2, 0.25) is 5.13 Å². The van der Waals surface area contributed by atoms with Gasteiger partial charge in [-0.05, 0) is 25.5 Å². The van der Waals surface area contributed by atoms with Crippen molar-refractivity contribution in [2.45, 2.75) is 13.8 Å². The monoisotopic (exact) mass is 315 g/mol. The molecule has 0 radical (unpaired) electrons. The van der Waals surface area contributed by atoms with Gasteiger partial charge in [-0.25, -0.2) is 9.78 Å². The lowest BCUT2D eigenvalue weighted by Gasteiger charge is -2.07. The first-order valence-corrected chi connectivity index (χ1v) is 7.33. The van der Waals surface area contributed by atoms with Crippen molar-refractivity contribution in [2.24, 2.45) is 0 Å². The fourth-order valence-electron chi connectivity index (χ4n) is 2.05. The van der Waals surface area contributed by atoms with Crippen molar-refractivity contribution in [3.8, 4) is 16.4 Å². The van der Waals surface area contributed by atoms with E-state index in [1.807, 2.05) is 25.3 Å². The van der Waals surface area contributed by atoms with Gasteiger partial charge in [0.1, 0.15) is 5.69 Å². The lowest BCUT2D eigenvalue weighted by molar-refractivity contribution is 0.0691. The highest BCUT2D eigenvalue weighted by atomic mass is 32.1. The van der Waals surface area contributed by atoms with Gasteiger partial charge in [-0.15, -0.1) is 16.4 Å². The van der Waals surface area contributed by atoms with E-state index in [0.29, 0.717) is 22.1 Å². The molecule has 0 atom stereocenters. The molecule has 112 valence electrons. The molecule has 0 unspecified atom stereocenters. The quantitative estimate of drug-likeness (QED) is 0.718. The van der Waals surface area contributed by atoms with Crippen LogP contribution in [-0.2, 0) is 0 Å². The lowest BCUT2D eigenvalue weighted by atomic mass is 10.1. The summed E-state index contributed by atoms with van der Waals surface area (Å²) in [6.07, 6.45) is 0. The molecule has 3 N–H and O–H groups in total. The molecular formula is C14H13N5O2S. The molecule has 0 aliphatic carbocycles. The van der Waals surface area contributed by atoms with Crippen molar-refractivity contribution in [3.05, 3.63) is 40.5 Å². The van der Waals surface area contributed by atoms with Crippen molar-refractivity contribution < 1.29 is 9.90 Å². The summed E-state index contributed by atoms with van der Waals surface area (Å²) < 4.78 is 1.44. The zero-order valence-electron chi connectivity index (χ0n) is 11.9. The number of thiazole rings is 1. The van der Waals surface area contributed by atoms with Crippen molar-refractivity contribution in [3.63, 3.8) is 0 Å². The highest BCUT2D eigenvalue weighted by Crippen LogP contribution is 2.29. The van der Waals surface area contributed by atoms with E-state index in [1.165, 1.54) is 16.0 Å². The number of benzene rings is 1.